The Morgan fingerprint density at radius 2 is 2.20 bits per heavy atom. The van der Waals surface area contributed by atoms with Gasteiger partial charge in [0.25, 0.3) is 0 Å². The molecule has 0 aliphatic carbocycles. The number of rotatable bonds is 3. The zero-order valence-corrected chi connectivity index (χ0v) is 10.0. The van der Waals surface area contributed by atoms with Crippen molar-refractivity contribution in [1.29, 1.82) is 0 Å². The quantitative estimate of drug-likeness (QED) is 0.720. The molecule has 0 N–H and O–H groups in total. The minimum atomic E-state index is -0.384. The van der Waals surface area contributed by atoms with Gasteiger partial charge in [-0.05, 0) is 18.3 Å². The minimum Gasteiger partial charge on any atom is -0.501 e. The van der Waals surface area contributed by atoms with E-state index >= 15 is 0 Å². The lowest BCUT2D eigenvalue weighted by molar-refractivity contribution is -0.131. The summed E-state index contributed by atoms with van der Waals surface area (Å²) in [6.45, 7) is 6.72. The molecule has 1 aliphatic rings. The third-order valence-electron chi connectivity index (χ3n) is 2.51. The van der Waals surface area contributed by atoms with Gasteiger partial charge in [-0.15, -0.1) is 0 Å². The number of ether oxygens (including phenoxy) is 2. The van der Waals surface area contributed by atoms with Crippen LogP contribution in [-0.2, 0) is 14.3 Å². The Labute approximate surface area is 91.4 Å². The van der Waals surface area contributed by atoms with Crippen molar-refractivity contribution in [2.45, 2.75) is 39.7 Å². The van der Waals surface area contributed by atoms with E-state index in [1.165, 1.54) is 0 Å². The second kappa shape index (κ2) is 4.79. The molecule has 0 aromatic carbocycles. The molecule has 1 unspecified atom stereocenters. The van der Waals surface area contributed by atoms with Gasteiger partial charge >= 0.3 is 0 Å². The second-order valence-corrected chi connectivity index (χ2v) is 4.96. The van der Waals surface area contributed by atoms with Gasteiger partial charge < -0.3 is 9.47 Å². The molecule has 0 spiro atoms. The predicted octanol–water partition coefficient (Wildman–Crippen LogP) is 2.31. The maximum atomic E-state index is 12.1. The molecule has 0 radical (unpaired) electrons. The number of Topliss-reactive ketones (excluding diaryl/α,β-unsaturated/α-hetero) is 1. The van der Waals surface area contributed by atoms with Crippen molar-refractivity contribution in [3.63, 3.8) is 0 Å². The van der Waals surface area contributed by atoms with Gasteiger partial charge in [-0.1, -0.05) is 20.8 Å². The molecular formula is C12H20O3. The largest absolute Gasteiger partial charge is 0.501 e. The third kappa shape index (κ3) is 3.06. The number of hydrogen-bond acceptors (Lipinski definition) is 3. The van der Waals surface area contributed by atoms with Gasteiger partial charge in [0.1, 0.15) is 6.10 Å². The van der Waals surface area contributed by atoms with Gasteiger partial charge in [0.05, 0.1) is 12.9 Å². The second-order valence-electron chi connectivity index (χ2n) is 4.96. The summed E-state index contributed by atoms with van der Waals surface area (Å²) < 4.78 is 10.5. The number of carbonyl (C=O) groups excluding carboxylic acids is 1. The van der Waals surface area contributed by atoms with Crippen molar-refractivity contribution in [2.75, 3.05) is 13.7 Å². The molecule has 1 aliphatic heterocycles. The molecule has 1 rings (SSSR count). The summed E-state index contributed by atoms with van der Waals surface area (Å²) in [6.07, 6.45) is 2.92. The van der Waals surface area contributed by atoms with Crippen LogP contribution in [0, 0.1) is 5.41 Å². The van der Waals surface area contributed by atoms with Gasteiger partial charge in [-0.25, -0.2) is 0 Å². The lowest BCUT2D eigenvalue weighted by Crippen LogP contribution is -2.37. The standard InChI is InChI=1S/C12H20O3/c1-12(2,3)11(14-4)10(13)9-6-5-7-15-8-9/h8,11H,5-7H2,1-4H3. The highest BCUT2D eigenvalue weighted by Gasteiger charge is 2.33. The molecule has 1 atom stereocenters. The minimum absolute atomic E-state index is 0.0599. The zero-order valence-electron chi connectivity index (χ0n) is 10.0. The van der Waals surface area contributed by atoms with Crippen LogP contribution in [-0.4, -0.2) is 25.6 Å². The highest BCUT2D eigenvalue weighted by Crippen LogP contribution is 2.26. The van der Waals surface area contributed by atoms with Crippen LogP contribution in [0.1, 0.15) is 33.6 Å². The first-order valence-electron chi connectivity index (χ1n) is 5.34. The molecule has 0 amide bonds. The summed E-state index contributed by atoms with van der Waals surface area (Å²) in [7, 11) is 1.58. The molecule has 3 nitrogen and oxygen atoms in total. The van der Waals surface area contributed by atoms with E-state index in [1.54, 1.807) is 13.4 Å². The van der Waals surface area contributed by atoms with E-state index in [0.717, 1.165) is 18.4 Å². The highest BCUT2D eigenvalue weighted by molar-refractivity contribution is 5.99. The summed E-state index contributed by atoms with van der Waals surface area (Å²) in [5, 5.41) is 0. The fourth-order valence-electron chi connectivity index (χ4n) is 1.77. The van der Waals surface area contributed by atoms with E-state index in [0.29, 0.717) is 6.61 Å². The topological polar surface area (TPSA) is 35.5 Å². The van der Waals surface area contributed by atoms with Crippen LogP contribution < -0.4 is 0 Å². The fourth-order valence-corrected chi connectivity index (χ4v) is 1.77. The van der Waals surface area contributed by atoms with Gasteiger partial charge in [0, 0.05) is 12.7 Å². The third-order valence-corrected chi connectivity index (χ3v) is 2.51. The summed E-state index contributed by atoms with van der Waals surface area (Å²) >= 11 is 0. The highest BCUT2D eigenvalue weighted by atomic mass is 16.5. The molecule has 0 aromatic rings. The summed E-state index contributed by atoms with van der Waals surface area (Å²) in [5.41, 5.74) is 0.576. The van der Waals surface area contributed by atoms with Crippen LogP contribution in [0.25, 0.3) is 0 Å². The van der Waals surface area contributed by atoms with Crippen LogP contribution >= 0.6 is 0 Å². The smallest absolute Gasteiger partial charge is 0.191 e. The van der Waals surface area contributed by atoms with Gasteiger partial charge in [-0.3, -0.25) is 4.79 Å². The first-order valence-corrected chi connectivity index (χ1v) is 5.34. The van der Waals surface area contributed by atoms with Crippen molar-refractivity contribution >= 4 is 5.78 Å². The lowest BCUT2D eigenvalue weighted by atomic mass is 9.83. The van der Waals surface area contributed by atoms with Crippen molar-refractivity contribution in [2.24, 2.45) is 5.41 Å². The van der Waals surface area contributed by atoms with Crippen molar-refractivity contribution < 1.29 is 14.3 Å². The Balaban J connectivity index is 2.77. The van der Waals surface area contributed by atoms with E-state index in [2.05, 4.69) is 0 Å². The van der Waals surface area contributed by atoms with E-state index < -0.39 is 0 Å². The van der Waals surface area contributed by atoms with E-state index in [4.69, 9.17) is 9.47 Å². The molecular weight excluding hydrogens is 192 g/mol. The Bertz CT molecular complexity index is 261. The van der Waals surface area contributed by atoms with Crippen LogP contribution in [0.4, 0.5) is 0 Å². The van der Waals surface area contributed by atoms with Crippen LogP contribution in [0.15, 0.2) is 11.8 Å². The number of methoxy groups -OCH3 is 1. The Hall–Kier alpha value is -0.830. The molecule has 0 aromatic heterocycles. The summed E-state index contributed by atoms with van der Waals surface area (Å²) in [5.74, 6) is 0.0599. The summed E-state index contributed by atoms with van der Waals surface area (Å²) in [4.78, 5) is 12.1. The number of hydrogen-bond donors (Lipinski definition) is 0. The maximum Gasteiger partial charge on any atom is 0.191 e. The van der Waals surface area contributed by atoms with Crippen molar-refractivity contribution in [3.05, 3.63) is 11.8 Å². The summed E-state index contributed by atoms with van der Waals surface area (Å²) in [6, 6.07) is 0. The average Bonchev–Trinajstić information content (AvgIpc) is 2.18. The van der Waals surface area contributed by atoms with Crippen LogP contribution in [0.5, 0.6) is 0 Å². The lowest BCUT2D eigenvalue weighted by Gasteiger charge is -2.29. The molecule has 15 heavy (non-hydrogen) atoms. The van der Waals surface area contributed by atoms with Gasteiger partial charge in [0.2, 0.25) is 0 Å². The van der Waals surface area contributed by atoms with Gasteiger partial charge in [-0.2, -0.15) is 0 Å². The van der Waals surface area contributed by atoms with Gasteiger partial charge in [0.15, 0.2) is 5.78 Å². The average molecular weight is 212 g/mol. The normalized spacial score (nSPS) is 19.1. The first-order chi connectivity index (χ1) is 6.96. The van der Waals surface area contributed by atoms with E-state index in [9.17, 15) is 4.79 Å². The molecule has 0 fully saturated rings. The number of carbonyl (C=O) groups is 1. The van der Waals surface area contributed by atoms with Crippen molar-refractivity contribution in [3.8, 4) is 0 Å². The Morgan fingerprint density at radius 1 is 1.53 bits per heavy atom. The Kier molecular flexibility index (Phi) is 3.91. The maximum absolute atomic E-state index is 12.1. The molecule has 0 saturated heterocycles. The zero-order chi connectivity index (χ0) is 11.5. The van der Waals surface area contributed by atoms with Crippen molar-refractivity contribution in [1.82, 2.24) is 0 Å². The monoisotopic (exact) mass is 212 g/mol. The van der Waals surface area contributed by atoms with Crippen LogP contribution in [0.3, 0.4) is 0 Å². The molecule has 86 valence electrons. The Morgan fingerprint density at radius 3 is 2.60 bits per heavy atom. The molecule has 3 heteroatoms. The van der Waals surface area contributed by atoms with E-state index in [1.807, 2.05) is 20.8 Å². The first kappa shape index (κ1) is 12.2. The molecule has 1 heterocycles. The predicted molar refractivity (Wildman–Crippen MR) is 58.5 cm³/mol. The molecule has 0 saturated carbocycles. The number of ketones is 1. The molecule has 0 bridgehead atoms. The SMILES string of the molecule is COC(C(=O)C1=COCCC1)C(C)(C)C. The van der Waals surface area contributed by atoms with E-state index in [-0.39, 0.29) is 17.3 Å². The van der Waals surface area contributed by atoms with Crippen LogP contribution in [0.2, 0.25) is 0 Å². The fraction of sp³-hybridized carbons (Fsp3) is 0.750.